The van der Waals surface area contributed by atoms with Gasteiger partial charge in [0.25, 0.3) is 5.91 Å². The zero-order valence-electron chi connectivity index (χ0n) is 29.1. The molecule has 0 aliphatic carbocycles. The van der Waals surface area contributed by atoms with Gasteiger partial charge in [0.2, 0.25) is 5.91 Å². The minimum atomic E-state index is -0.791. The summed E-state index contributed by atoms with van der Waals surface area (Å²) in [6.45, 7) is 1.65. The van der Waals surface area contributed by atoms with Crippen LogP contribution in [0.25, 0.3) is 10.9 Å². The third-order valence-electron chi connectivity index (χ3n) is 9.62. The molecule has 8 nitrogen and oxygen atoms in total. The van der Waals surface area contributed by atoms with Crippen molar-refractivity contribution >= 4 is 22.7 Å². The molecule has 4 aromatic carbocycles. The van der Waals surface area contributed by atoms with E-state index in [2.05, 4.69) is 63.7 Å². The van der Waals surface area contributed by atoms with E-state index in [1.165, 1.54) is 11.1 Å². The molecule has 1 aliphatic rings. The number of rotatable bonds is 16. The van der Waals surface area contributed by atoms with Gasteiger partial charge in [-0.05, 0) is 86.1 Å². The van der Waals surface area contributed by atoms with Crippen molar-refractivity contribution < 1.29 is 19.4 Å². The van der Waals surface area contributed by atoms with Crippen molar-refractivity contribution in [3.8, 4) is 5.75 Å². The fourth-order valence-electron chi connectivity index (χ4n) is 6.94. The summed E-state index contributed by atoms with van der Waals surface area (Å²) in [5.41, 5.74) is 3.96. The third-order valence-corrected chi connectivity index (χ3v) is 9.62. The first-order valence-corrected chi connectivity index (χ1v) is 18.1. The number of nitrogens with zero attached hydrogens (tertiary/aromatic N) is 3. The van der Waals surface area contributed by atoms with Gasteiger partial charge in [-0.25, -0.2) is 0 Å². The first kappa shape index (κ1) is 35.8. The molecule has 1 saturated heterocycles. The van der Waals surface area contributed by atoms with E-state index in [0.717, 1.165) is 49.4 Å². The van der Waals surface area contributed by atoms with Gasteiger partial charge in [-0.2, -0.15) is 0 Å². The number of carbonyl (C=O) groups excluding carboxylic acids is 2. The Bertz CT molecular complexity index is 1770. The number of aliphatic hydroxyl groups excluding tert-OH is 1. The molecule has 1 aromatic heterocycles. The van der Waals surface area contributed by atoms with E-state index in [1.807, 2.05) is 60.7 Å². The van der Waals surface area contributed by atoms with Crippen molar-refractivity contribution in [1.29, 1.82) is 0 Å². The minimum absolute atomic E-state index is 0.0249. The molecule has 0 bridgehead atoms. The average molecular weight is 685 g/mol. The Labute approximate surface area is 301 Å². The summed E-state index contributed by atoms with van der Waals surface area (Å²) in [7, 11) is 0. The molecular weight excluding hydrogens is 636 g/mol. The van der Waals surface area contributed by atoms with Gasteiger partial charge in [0.15, 0.2) is 0 Å². The second-order valence-corrected chi connectivity index (χ2v) is 13.4. The molecule has 8 heteroatoms. The summed E-state index contributed by atoms with van der Waals surface area (Å²) < 4.78 is 6.05. The van der Waals surface area contributed by atoms with E-state index in [0.29, 0.717) is 37.5 Å². The number of fused-ring (bicyclic) bond motifs is 1. The number of carbonyl (C=O) groups is 2. The molecule has 264 valence electrons. The molecule has 0 spiro atoms. The number of aromatic nitrogens is 1. The summed E-state index contributed by atoms with van der Waals surface area (Å²) in [6, 6.07) is 38.8. The highest BCUT2D eigenvalue weighted by Gasteiger charge is 2.37. The lowest BCUT2D eigenvalue weighted by Crippen LogP contribution is -2.62. The Morgan fingerprint density at radius 3 is 2.10 bits per heavy atom. The maximum absolute atomic E-state index is 14.3. The molecule has 2 atom stereocenters. The van der Waals surface area contributed by atoms with Crippen LogP contribution < -0.4 is 10.1 Å². The van der Waals surface area contributed by atoms with Gasteiger partial charge in [-0.1, -0.05) is 84.9 Å². The van der Waals surface area contributed by atoms with Crippen molar-refractivity contribution in [3.63, 3.8) is 0 Å². The molecule has 5 aromatic rings. The number of hydrogen-bond acceptors (Lipinski definition) is 6. The van der Waals surface area contributed by atoms with Gasteiger partial charge in [0, 0.05) is 49.4 Å². The number of β-amino-alcohol motifs (C(OH)–C–C–N with tert-alkyl or cyclic N) is 1. The van der Waals surface area contributed by atoms with E-state index in [9.17, 15) is 14.7 Å². The number of aryl methyl sites for hydroxylation is 2. The van der Waals surface area contributed by atoms with Crippen LogP contribution >= 0.6 is 0 Å². The molecule has 51 heavy (non-hydrogen) atoms. The summed E-state index contributed by atoms with van der Waals surface area (Å²) in [4.78, 5) is 36.2. The SMILES string of the molecule is O=C(NC(CCCc1ccccc1)CCCc1ccccc1)C1CN(C[C@H](O)COc2cccc3ncccc23)CCN1C(=O)c1ccccc1. The van der Waals surface area contributed by atoms with Gasteiger partial charge in [-0.3, -0.25) is 19.5 Å². The fraction of sp³-hybridized carbons (Fsp3) is 0.326. The minimum Gasteiger partial charge on any atom is -0.490 e. The van der Waals surface area contributed by atoms with Crippen LogP contribution in [-0.2, 0) is 17.6 Å². The highest BCUT2D eigenvalue weighted by atomic mass is 16.5. The molecule has 2 N–H and O–H groups in total. The van der Waals surface area contributed by atoms with Gasteiger partial charge in [0.1, 0.15) is 24.5 Å². The Morgan fingerprint density at radius 1 is 0.784 bits per heavy atom. The zero-order chi connectivity index (χ0) is 35.3. The number of pyridine rings is 1. The zero-order valence-corrected chi connectivity index (χ0v) is 29.1. The normalized spacial score (nSPS) is 15.5. The van der Waals surface area contributed by atoms with E-state index in [-0.39, 0.29) is 24.5 Å². The van der Waals surface area contributed by atoms with E-state index >= 15 is 0 Å². The fourth-order valence-corrected chi connectivity index (χ4v) is 6.94. The number of aliphatic hydroxyl groups is 1. The third kappa shape index (κ3) is 10.2. The van der Waals surface area contributed by atoms with Crippen molar-refractivity contribution in [2.45, 2.75) is 56.7 Å². The highest BCUT2D eigenvalue weighted by Crippen LogP contribution is 2.24. The van der Waals surface area contributed by atoms with Gasteiger partial charge in [0.05, 0.1) is 5.52 Å². The standard InChI is InChI=1S/C43H48N4O4/c48-37(32-51-41-26-12-25-39-38(41)24-13-27-44-39)30-46-28-29-47(43(50)35-20-8-3-9-21-35)40(31-46)42(49)45-36(22-10-18-33-14-4-1-5-15-33)23-11-19-34-16-6-2-7-17-34/h1-9,12-17,20-21,24-27,36-37,40,48H,10-11,18-19,22-23,28-32H2,(H,45,49)/t37-,40?/m0/s1. The second kappa shape index (κ2) is 18.3. The smallest absolute Gasteiger partial charge is 0.254 e. The Hall–Kier alpha value is -5.05. The maximum atomic E-state index is 14.3. The largest absolute Gasteiger partial charge is 0.490 e. The van der Waals surface area contributed by atoms with E-state index in [4.69, 9.17) is 4.74 Å². The van der Waals surface area contributed by atoms with Crippen LogP contribution in [0.1, 0.15) is 47.2 Å². The van der Waals surface area contributed by atoms with Gasteiger partial charge < -0.3 is 20.1 Å². The summed E-state index contributed by atoms with van der Waals surface area (Å²) in [5.74, 6) is 0.358. The number of nitrogens with one attached hydrogen (secondary N) is 1. The predicted octanol–water partition coefficient (Wildman–Crippen LogP) is 6.33. The Morgan fingerprint density at radius 2 is 1.43 bits per heavy atom. The molecule has 2 heterocycles. The lowest BCUT2D eigenvalue weighted by atomic mass is 9.98. The van der Waals surface area contributed by atoms with Crippen LogP contribution in [0.15, 0.2) is 128 Å². The summed E-state index contributed by atoms with van der Waals surface area (Å²) in [6.07, 6.45) is 6.42. The molecule has 0 radical (unpaired) electrons. The maximum Gasteiger partial charge on any atom is 0.254 e. The topological polar surface area (TPSA) is 95.0 Å². The van der Waals surface area contributed by atoms with Crippen LogP contribution in [0.3, 0.4) is 0 Å². The molecule has 0 saturated carbocycles. The van der Waals surface area contributed by atoms with Crippen LogP contribution in [0.2, 0.25) is 0 Å². The first-order valence-electron chi connectivity index (χ1n) is 18.1. The van der Waals surface area contributed by atoms with Crippen LogP contribution in [-0.4, -0.2) is 82.7 Å². The monoisotopic (exact) mass is 684 g/mol. The van der Waals surface area contributed by atoms with E-state index in [1.54, 1.807) is 23.2 Å². The summed E-state index contributed by atoms with van der Waals surface area (Å²) >= 11 is 0. The lowest BCUT2D eigenvalue weighted by Gasteiger charge is -2.41. The van der Waals surface area contributed by atoms with E-state index < -0.39 is 12.1 Å². The van der Waals surface area contributed by atoms with Crippen molar-refractivity contribution in [1.82, 2.24) is 20.1 Å². The van der Waals surface area contributed by atoms with Crippen LogP contribution in [0.5, 0.6) is 5.75 Å². The number of hydrogen-bond donors (Lipinski definition) is 2. The van der Waals surface area contributed by atoms with Gasteiger partial charge >= 0.3 is 0 Å². The quantitative estimate of drug-likeness (QED) is 0.126. The molecule has 1 aliphatic heterocycles. The predicted molar refractivity (Wildman–Crippen MR) is 202 cm³/mol. The Balaban J connectivity index is 1.12. The van der Waals surface area contributed by atoms with Crippen LogP contribution in [0.4, 0.5) is 0 Å². The second-order valence-electron chi connectivity index (χ2n) is 13.4. The number of ether oxygens (including phenoxy) is 1. The molecule has 6 rings (SSSR count). The molecule has 1 unspecified atom stereocenters. The number of amides is 2. The first-order chi connectivity index (χ1) is 25.0. The lowest BCUT2D eigenvalue weighted by molar-refractivity contribution is -0.128. The average Bonchev–Trinajstić information content (AvgIpc) is 3.18. The number of piperazine rings is 1. The molecular formula is C43H48N4O4. The van der Waals surface area contributed by atoms with Crippen molar-refractivity contribution in [2.24, 2.45) is 0 Å². The summed E-state index contributed by atoms with van der Waals surface area (Å²) in [5, 5.41) is 15.3. The van der Waals surface area contributed by atoms with Crippen LogP contribution in [0, 0.1) is 0 Å². The van der Waals surface area contributed by atoms with Crippen molar-refractivity contribution in [3.05, 3.63) is 144 Å². The highest BCUT2D eigenvalue weighted by molar-refractivity contribution is 5.97. The number of benzene rings is 4. The van der Waals surface area contributed by atoms with Gasteiger partial charge in [-0.15, -0.1) is 0 Å². The molecule has 1 fully saturated rings. The van der Waals surface area contributed by atoms with Crippen molar-refractivity contribution in [2.75, 3.05) is 32.8 Å². The molecule has 2 amide bonds. The Kier molecular flexibility index (Phi) is 12.8.